The van der Waals surface area contributed by atoms with Crippen molar-refractivity contribution in [2.24, 2.45) is 0 Å². The first-order valence-corrected chi connectivity index (χ1v) is 9.55. The Morgan fingerprint density at radius 1 is 1.12 bits per heavy atom. The van der Waals surface area contributed by atoms with Crippen LogP contribution >= 0.6 is 0 Å². The predicted octanol–water partition coefficient (Wildman–Crippen LogP) is 3.00. The summed E-state index contributed by atoms with van der Waals surface area (Å²) in [6.07, 6.45) is 7.83. The lowest BCUT2D eigenvalue weighted by atomic mass is 10.1. The Morgan fingerprint density at radius 2 is 1.96 bits per heavy atom. The lowest BCUT2D eigenvalue weighted by molar-refractivity contribution is -0.122. The Bertz CT molecular complexity index is 721. The highest BCUT2D eigenvalue weighted by molar-refractivity contribution is 5.76. The molecule has 5 heteroatoms. The van der Waals surface area contributed by atoms with Crippen LogP contribution in [0.4, 0.5) is 0 Å². The first-order valence-electron chi connectivity index (χ1n) is 9.55. The molecule has 2 aliphatic rings. The summed E-state index contributed by atoms with van der Waals surface area (Å²) < 4.78 is 2.30. The molecule has 5 nitrogen and oxygen atoms in total. The molecule has 1 fully saturated rings. The second-order valence-corrected chi connectivity index (χ2v) is 7.33. The van der Waals surface area contributed by atoms with Crippen molar-refractivity contribution in [2.45, 2.75) is 69.9 Å². The standard InChI is InChI=1S/C20H26N4O/c25-19(8-4-7-15-5-2-1-3-6-15)21-17-11-12-18-22-23-20(16-9-10-16)24(18)14-13-17/h1-3,5-6,16-17H,4,7-14H2,(H,21,25). The molecule has 0 radical (unpaired) electrons. The van der Waals surface area contributed by atoms with Gasteiger partial charge in [-0.25, -0.2) is 0 Å². The van der Waals surface area contributed by atoms with Crippen molar-refractivity contribution in [1.29, 1.82) is 0 Å². The zero-order chi connectivity index (χ0) is 17.1. The van der Waals surface area contributed by atoms with Crippen LogP contribution in [-0.2, 0) is 24.2 Å². The minimum absolute atomic E-state index is 0.181. The van der Waals surface area contributed by atoms with E-state index in [-0.39, 0.29) is 11.9 Å². The third-order valence-corrected chi connectivity index (χ3v) is 5.29. The van der Waals surface area contributed by atoms with Gasteiger partial charge in [0.15, 0.2) is 0 Å². The van der Waals surface area contributed by atoms with Crippen LogP contribution in [0.2, 0.25) is 0 Å². The molecule has 1 aliphatic carbocycles. The van der Waals surface area contributed by atoms with E-state index in [4.69, 9.17) is 0 Å². The maximum Gasteiger partial charge on any atom is 0.220 e. The van der Waals surface area contributed by atoms with Crippen LogP contribution < -0.4 is 5.32 Å². The molecular weight excluding hydrogens is 312 g/mol. The van der Waals surface area contributed by atoms with Gasteiger partial charge in [-0.3, -0.25) is 4.79 Å². The van der Waals surface area contributed by atoms with Crippen molar-refractivity contribution in [3.05, 3.63) is 47.5 Å². The molecule has 1 saturated carbocycles. The lowest BCUT2D eigenvalue weighted by Crippen LogP contribution is -2.35. The van der Waals surface area contributed by atoms with Gasteiger partial charge in [-0.2, -0.15) is 0 Å². The van der Waals surface area contributed by atoms with Gasteiger partial charge in [0, 0.05) is 31.3 Å². The number of aromatic nitrogens is 3. The number of rotatable bonds is 6. The van der Waals surface area contributed by atoms with Crippen molar-refractivity contribution in [3.63, 3.8) is 0 Å². The van der Waals surface area contributed by atoms with E-state index in [1.165, 1.54) is 24.2 Å². The Labute approximate surface area is 148 Å². The van der Waals surface area contributed by atoms with Crippen molar-refractivity contribution >= 4 is 5.91 Å². The van der Waals surface area contributed by atoms with Crippen LogP contribution in [0.3, 0.4) is 0 Å². The number of aryl methyl sites for hydroxylation is 2. The summed E-state index contributed by atoms with van der Waals surface area (Å²) in [4.78, 5) is 12.3. The van der Waals surface area contributed by atoms with Gasteiger partial charge < -0.3 is 9.88 Å². The molecule has 25 heavy (non-hydrogen) atoms. The van der Waals surface area contributed by atoms with E-state index in [0.29, 0.717) is 12.3 Å². The van der Waals surface area contributed by atoms with Gasteiger partial charge in [0.2, 0.25) is 5.91 Å². The molecule has 1 amide bonds. The fraction of sp³-hybridized carbons (Fsp3) is 0.550. The van der Waals surface area contributed by atoms with Crippen molar-refractivity contribution in [2.75, 3.05) is 0 Å². The van der Waals surface area contributed by atoms with Crippen molar-refractivity contribution in [1.82, 2.24) is 20.1 Å². The number of carbonyl (C=O) groups excluding carboxylic acids is 1. The number of carbonyl (C=O) groups is 1. The van der Waals surface area contributed by atoms with Crippen LogP contribution in [0.15, 0.2) is 30.3 Å². The van der Waals surface area contributed by atoms with Gasteiger partial charge in [0.25, 0.3) is 0 Å². The second kappa shape index (κ2) is 7.38. The normalized spacial score (nSPS) is 19.9. The van der Waals surface area contributed by atoms with Crippen LogP contribution in [-0.4, -0.2) is 26.7 Å². The SMILES string of the molecule is O=C(CCCc1ccccc1)NC1CCc2nnc(C3CC3)n2CC1. The van der Waals surface area contributed by atoms with Crippen LogP contribution in [0, 0.1) is 0 Å². The van der Waals surface area contributed by atoms with Gasteiger partial charge in [-0.05, 0) is 44.1 Å². The van der Waals surface area contributed by atoms with Gasteiger partial charge in [-0.1, -0.05) is 30.3 Å². The van der Waals surface area contributed by atoms with Gasteiger partial charge in [-0.15, -0.1) is 10.2 Å². The smallest absolute Gasteiger partial charge is 0.220 e. The summed E-state index contributed by atoms with van der Waals surface area (Å²) in [6, 6.07) is 10.6. The second-order valence-electron chi connectivity index (χ2n) is 7.33. The average molecular weight is 338 g/mol. The Balaban J connectivity index is 1.24. The number of hydrogen-bond acceptors (Lipinski definition) is 3. The summed E-state index contributed by atoms with van der Waals surface area (Å²) in [7, 11) is 0. The number of nitrogens with zero attached hydrogens (tertiary/aromatic N) is 3. The Kier molecular flexibility index (Phi) is 4.81. The third-order valence-electron chi connectivity index (χ3n) is 5.29. The zero-order valence-electron chi connectivity index (χ0n) is 14.7. The van der Waals surface area contributed by atoms with E-state index in [2.05, 4.69) is 44.3 Å². The Morgan fingerprint density at radius 3 is 2.76 bits per heavy atom. The fourth-order valence-corrected chi connectivity index (χ4v) is 3.70. The highest BCUT2D eigenvalue weighted by Crippen LogP contribution is 2.39. The molecule has 1 aliphatic heterocycles. The summed E-state index contributed by atoms with van der Waals surface area (Å²) in [5, 5.41) is 12.0. The van der Waals surface area contributed by atoms with Crippen LogP contribution in [0.25, 0.3) is 0 Å². The molecule has 0 spiro atoms. The monoisotopic (exact) mass is 338 g/mol. The topological polar surface area (TPSA) is 59.8 Å². The highest BCUT2D eigenvalue weighted by atomic mass is 16.1. The molecule has 132 valence electrons. The average Bonchev–Trinajstić information content (AvgIpc) is 3.42. The number of hydrogen-bond donors (Lipinski definition) is 1. The predicted molar refractivity (Wildman–Crippen MR) is 96.2 cm³/mol. The third kappa shape index (κ3) is 4.09. The summed E-state index contributed by atoms with van der Waals surface area (Å²) in [5.41, 5.74) is 1.30. The van der Waals surface area contributed by atoms with Crippen LogP contribution in [0.1, 0.15) is 61.7 Å². The Hall–Kier alpha value is -2.17. The van der Waals surface area contributed by atoms with E-state index >= 15 is 0 Å². The maximum absolute atomic E-state index is 12.3. The maximum atomic E-state index is 12.3. The number of amides is 1. The molecular formula is C20H26N4O. The first-order chi connectivity index (χ1) is 12.3. The lowest BCUT2D eigenvalue weighted by Gasteiger charge is -2.16. The molecule has 0 saturated heterocycles. The van der Waals surface area contributed by atoms with Gasteiger partial charge >= 0.3 is 0 Å². The molecule has 1 aromatic carbocycles. The number of nitrogens with one attached hydrogen (secondary N) is 1. The largest absolute Gasteiger partial charge is 0.353 e. The molecule has 0 bridgehead atoms. The van der Waals surface area contributed by atoms with E-state index in [1.54, 1.807) is 0 Å². The fourth-order valence-electron chi connectivity index (χ4n) is 3.70. The molecule has 1 atom stereocenters. The van der Waals surface area contributed by atoms with E-state index in [1.807, 2.05) is 6.07 Å². The van der Waals surface area contributed by atoms with Gasteiger partial charge in [0.05, 0.1) is 0 Å². The summed E-state index contributed by atoms with van der Waals surface area (Å²) in [5.74, 6) is 3.08. The molecule has 1 N–H and O–H groups in total. The molecule has 2 heterocycles. The molecule has 4 rings (SSSR count). The minimum Gasteiger partial charge on any atom is -0.353 e. The minimum atomic E-state index is 0.181. The van der Waals surface area contributed by atoms with Crippen LogP contribution in [0.5, 0.6) is 0 Å². The van der Waals surface area contributed by atoms with E-state index < -0.39 is 0 Å². The number of fused-ring (bicyclic) bond motifs is 1. The summed E-state index contributed by atoms with van der Waals surface area (Å²) in [6.45, 7) is 0.934. The molecule has 1 unspecified atom stereocenters. The zero-order valence-corrected chi connectivity index (χ0v) is 14.7. The van der Waals surface area contributed by atoms with Crippen molar-refractivity contribution < 1.29 is 4.79 Å². The van der Waals surface area contributed by atoms with Crippen molar-refractivity contribution in [3.8, 4) is 0 Å². The summed E-state index contributed by atoms with van der Waals surface area (Å²) >= 11 is 0. The molecule has 1 aromatic heterocycles. The van der Waals surface area contributed by atoms with E-state index in [9.17, 15) is 4.79 Å². The number of benzene rings is 1. The quantitative estimate of drug-likeness (QED) is 0.881. The van der Waals surface area contributed by atoms with Gasteiger partial charge in [0.1, 0.15) is 11.6 Å². The molecule has 2 aromatic rings. The highest BCUT2D eigenvalue weighted by Gasteiger charge is 2.31. The first kappa shape index (κ1) is 16.3. The van der Waals surface area contributed by atoms with E-state index in [0.717, 1.165) is 44.5 Å².